The summed E-state index contributed by atoms with van der Waals surface area (Å²) in [7, 11) is 1.23. The summed E-state index contributed by atoms with van der Waals surface area (Å²) in [6.45, 7) is 5.18. The molecule has 0 bridgehead atoms. The van der Waals surface area contributed by atoms with Crippen molar-refractivity contribution >= 4 is 23.7 Å². The Bertz CT molecular complexity index is 550. The summed E-state index contributed by atoms with van der Waals surface area (Å²) in [5.41, 5.74) is 0.600. The highest BCUT2D eigenvalue weighted by Crippen LogP contribution is 2.16. The van der Waals surface area contributed by atoms with Crippen LogP contribution in [0.1, 0.15) is 30.0 Å². The lowest BCUT2D eigenvalue weighted by atomic mass is 10.1. The van der Waals surface area contributed by atoms with E-state index in [-0.39, 0.29) is 17.3 Å². The van der Waals surface area contributed by atoms with Gasteiger partial charge in [0.2, 0.25) is 0 Å². The molecule has 0 spiro atoms. The lowest BCUT2D eigenvalue weighted by Crippen LogP contribution is -2.46. The highest BCUT2D eigenvalue weighted by Gasteiger charge is 2.25. The number of hydrogen-bond acceptors (Lipinski definition) is 4. The normalized spacial score (nSPS) is 11.9. The number of nitrogens with one attached hydrogen (secondary N) is 3. The van der Waals surface area contributed by atoms with E-state index in [2.05, 4.69) is 20.4 Å². The average Bonchev–Trinajstić information content (AvgIpc) is 2.75. The molecule has 1 unspecified atom stereocenters. The molecule has 1 aromatic rings. The van der Waals surface area contributed by atoms with Crippen molar-refractivity contribution in [3.63, 3.8) is 0 Å². The summed E-state index contributed by atoms with van der Waals surface area (Å²) >= 11 is 0. The van der Waals surface area contributed by atoms with Gasteiger partial charge in [0, 0.05) is 5.69 Å². The predicted octanol–water partition coefficient (Wildman–Crippen LogP) is 1.34. The topological polar surface area (TPSA) is 121 Å². The number of aromatic nitrogens is 1. The quantitative estimate of drug-likeness (QED) is 0.611. The molecule has 1 atom stereocenters. The molecule has 0 aliphatic rings. The number of H-pyrrole nitrogens is 1. The van der Waals surface area contributed by atoms with Crippen LogP contribution >= 0.6 is 0 Å². The van der Waals surface area contributed by atoms with Gasteiger partial charge in [-0.1, -0.05) is 13.8 Å². The molecule has 8 nitrogen and oxygen atoms in total. The van der Waals surface area contributed by atoms with E-state index in [4.69, 9.17) is 5.11 Å². The Balaban J connectivity index is 2.81. The summed E-state index contributed by atoms with van der Waals surface area (Å²) in [6.07, 6.45) is 0. The zero-order valence-corrected chi connectivity index (χ0v) is 12.3. The fraction of sp³-hybridized carbons (Fsp3) is 0.462. The number of methoxy groups -OCH3 is 1. The Morgan fingerprint density at radius 3 is 2.43 bits per heavy atom. The fourth-order valence-electron chi connectivity index (χ4n) is 1.78. The number of anilines is 1. The maximum atomic E-state index is 11.9. The third-order valence-electron chi connectivity index (χ3n) is 2.82. The van der Waals surface area contributed by atoms with Gasteiger partial charge in [-0.25, -0.2) is 14.4 Å². The summed E-state index contributed by atoms with van der Waals surface area (Å²) in [6, 6.07) is -0.00475. The van der Waals surface area contributed by atoms with Gasteiger partial charge >= 0.3 is 18.0 Å². The number of ether oxygens (including phenoxy) is 1. The highest BCUT2D eigenvalue weighted by atomic mass is 16.5. The monoisotopic (exact) mass is 297 g/mol. The Hall–Kier alpha value is -2.51. The van der Waals surface area contributed by atoms with Crippen molar-refractivity contribution in [1.82, 2.24) is 10.3 Å². The molecular weight excluding hydrogens is 278 g/mol. The first-order chi connectivity index (χ1) is 9.76. The summed E-state index contributed by atoms with van der Waals surface area (Å²) in [5, 5.41) is 13.9. The van der Waals surface area contributed by atoms with Crippen LogP contribution in [-0.4, -0.2) is 41.2 Å². The summed E-state index contributed by atoms with van der Waals surface area (Å²) < 4.78 is 4.61. The van der Waals surface area contributed by atoms with Crippen molar-refractivity contribution < 1.29 is 24.2 Å². The fourth-order valence-corrected chi connectivity index (χ4v) is 1.78. The number of carbonyl (C=O) groups is 3. The lowest BCUT2D eigenvalue weighted by Gasteiger charge is -2.19. The van der Waals surface area contributed by atoms with E-state index >= 15 is 0 Å². The standard InChI is InChI=1S/C13H19N3O5/c1-6(2)9(12(19)21-4)16-13(20)15-8-5-7(3)14-10(8)11(17)18/h5-6,9,14H,1-4H3,(H,17,18)(H2,15,16,20). The first-order valence-electron chi connectivity index (χ1n) is 6.34. The maximum Gasteiger partial charge on any atom is 0.354 e. The number of hydrogen-bond donors (Lipinski definition) is 4. The maximum absolute atomic E-state index is 11.9. The second-order valence-electron chi connectivity index (χ2n) is 4.89. The number of carbonyl (C=O) groups excluding carboxylic acids is 2. The SMILES string of the molecule is COC(=O)C(NC(=O)Nc1cc(C)[nH]c1C(=O)O)C(C)C. The number of urea groups is 1. The number of esters is 1. The van der Waals surface area contributed by atoms with Crippen molar-refractivity contribution in [1.29, 1.82) is 0 Å². The van der Waals surface area contributed by atoms with Crippen LogP contribution in [0.4, 0.5) is 10.5 Å². The molecular formula is C13H19N3O5. The third-order valence-corrected chi connectivity index (χ3v) is 2.82. The summed E-state index contributed by atoms with van der Waals surface area (Å²) in [4.78, 5) is 37.1. The largest absolute Gasteiger partial charge is 0.477 e. The van der Waals surface area contributed by atoms with Crippen molar-refractivity contribution in [2.75, 3.05) is 12.4 Å². The first kappa shape index (κ1) is 16.5. The van der Waals surface area contributed by atoms with Crippen molar-refractivity contribution in [2.24, 2.45) is 5.92 Å². The highest BCUT2D eigenvalue weighted by molar-refractivity contribution is 6.00. The van der Waals surface area contributed by atoms with Crippen LogP contribution in [-0.2, 0) is 9.53 Å². The number of carboxylic acids is 1. The van der Waals surface area contributed by atoms with Gasteiger partial charge in [0.05, 0.1) is 12.8 Å². The van der Waals surface area contributed by atoms with Gasteiger partial charge in [-0.05, 0) is 18.9 Å². The van der Waals surface area contributed by atoms with Gasteiger partial charge in [0.25, 0.3) is 0 Å². The van der Waals surface area contributed by atoms with E-state index < -0.39 is 24.0 Å². The number of amides is 2. The van der Waals surface area contributed by atoms with E-state index in [1.807, 2.05) is 0 Å². The van der Waals surface area contributed by atoms with Crippen LogP contribution in [0.3, 0.4) is 0 Å². The van der Waals surface area contributed by atoms with Crippen molar-refractivity contribution in [3.05, 3.63) is 17.5 Å². The second kappa shape index (κ2) is 6.78. The van der Waals surface area contributed by atoms with E-state index in [0.717, 1.165) is 0 Å². The van der Waals surface area contributed by atoms with Crippen LogP contribution < -0.4 is 10.6 Å². The molecule has 1 rings (SSSR count). The Labute approximate surface area is 121 Å². The molecule has 0 aromatic carbocycles. The second-order valence-corrected chi connectivity index (χ2v) is 4.89. The Morgan fingerprint density at radius 1 is 1.33 bits per heavy atom. The number of aromatic amines is 1. The molecule has 0 radical (unpaired) electrons. The predicted molar refractivity (Wildman–Crippen MR) is 75.3 cm³/mol. The number of aromatic carboxylic acids is 1. The molecule has 2 amide bonds. The lowest BCUT2D eigenvalue weighted by molar-refractivity contribution is -0.143. The van der Waals surface area contributed by atoms with Gasteiger partial charge < -0.3 is 25.5 Å². The summed E-state index contributed by atoms with van der Waals surface area (Å²) in [5.74, 6) is -1.93. The van der Waals surface area contributed by atoms with Gasteiger partial charge in [-0.3, -0.25) is 0 Å². The van der Waals surface area contributed by atoms with Crippen LogP contribution in [0.25, 0.3) is 0 Å². The minimum atomic E-state index is -1.19. The molecule has 21 heavy (non-hydrogen) atoms. The van der Waals surface area contributed by atoms with Crippen molar-refractivity contribution in [2.45, 2.75) is 26.8 Å². The van der Waals surface area contributed by atoms with Crippen molar-refractivity contribution in [3.8, 4) is 0 Å². The van der Waals surface area contributed by atoms with E-state index in [0.29, 0.717) is 5.69 Å². The van der Waals surface area contributed by atoms with Crippen LogP contribution in [0.5, 0.6) is 0 Å². The van der Waals surface area contributed by atoms with Crippen LogP contribution in [0, 0.1) is 12.8 Å². The van der Waals surface area contributed by atoms with E-state index in [1.54, 1.807) is 20.8 Å². The minimum Gasteiger partial charge on any atom is -0.477 e. The molecule has 4 N–H and O–H groups in total. The molecule has 1 heterocycles. The zero-order valence-electron chi connectivity index (χ0n) is 12.3. The van der Waals surface area contributed by atoms with Crippen LogP contribution in [0.15, 0.2) is 6.07 Å². The van der Waals surface area contributed by atoms with Gasteiger partial charge in [-0.15, -0.1) is 0 Å². The van der Waals surface area contributed by atoms with E-state index in [1.165, 1.54) is 13.2 Å². The van der Waals surface area contributed by atoms with Gasteiger partial charge in [0.15, 0.2) is 0 Å². The molecule has 0 saturated heterocycles. The number of aryl methyl sites for hydroxylation is 1. The molecule has 116 valence electrons. The zero-order chi connectivity index (χ0) is 16.2. The minimum absolute atomic E-state index is 0.123. The van der Waals surface area contributed by atoms with Gasteiger partial charge in [-0.2, -0.15) is 0 Å². The number of carboxylic acid groups (broad SMARTS) is 1. The molecule has 8 heteroatoms. The molecule has 0 aliphatic heterocycles. The Kier molecular flexibility index (Phi) is 5.34. The first-order valence-corrected chi connectivity index (χ1v) is 6.34. The molecule has 0 saturated carbocycles. The molecule has 0 fully saturated rings. The van der Waals surface area contributed by atoms with E-state index in [9.17, 15) is 14.4 Å². The average molecular weight is 297 g/mol. The Morgan fingerprint density at radius 2 is 1.95 bits per heavy atom. The molecule has 0 aliphatic carbocycles. The molecule has 1 aromatic heterocycles. The van der Waals surface area contributed by atoms with Gasteiger partial charge in [0.1, 0.15) is 11.7 Å². The number of rotatable bonds is 5. The van der Waals surface area contributed by atoms with Crippen LogP contribution in [0.2, 0.25) is 0 Å². The smallest absolute Gasteiger partial charge is 0.354 e. The third kappa shape index (κ3) is 4.23.